The molecule has 0 spiro atoms. The van der Waals surface area contributed by atoms with Crippen LogP contribution in [0.4, 0.5) is 0 Å². The van der Waals surface area contributed by atoms with Crippen LogP contribution >= 0.6 is 0 Å². The van der Waals surface area contributed by atoms with E-state index in [1.807, 2.05) is 0 Å². The number of hydrogen-bond acceptors (Lipinski definition) is 1. The standard InChI is InChI=1S/C10H21N/c1-8(11)9-4-6-10(2,3)7-5-9/h8-9H,4-7,11H2,1-3H3. The third-order valence-corrected chi connectivity index (χ3v) is 3.13. The van der Waals surface area contributed by atoms with Gasteiger partial charge in [0, 0.05) is 6.04 Å². The van der Waals surface area contributed by atoms with Crippen molar-refractivity contribution in [1.29, 1.82) is 0 Å². The minimum Gasteiger partial charge on any atom is -0.328 e. The Hall–Kier alpha value is -0.0400. The fourth-order valence-electron chi connectivity index (χ4n) is 1.95. The van der Waals surface area contributed by atoms with Crippen molar-refractivity contribution in [1.82, 2.24) is 0 Å². The van der Waals surface area contributed by atoms with E-state index in [0.29, 0.717) is 11.5 Å². The molecule has 0 aromatic heterocycles. The summed E-state index contributed by atoms with van der Waals surface area (Å²) < 4.78 is 0. The quantitative estimate of drug-likeness (QED) is 0.618. The lowest BCUT2D eigenvalue weighted by Gasteiger charge is -2.35. The van der Waals surface area contributed by atoms with E-state index in [1.54, 1.807) is 0 Å². The molecule has 0 bridgehead atoms. The maximum atomic E-state index is 5.86. The van der Waals surface area contributed by atoms with Crippen LogP contribution in [0.25, 0.3) is 0 Å². The molecule has 66 valence electrons. The maximum absolute atomic E-state index is 5.86. The Kier molecular flexibility index (Phi) is 2.58. The molecule has 0 amide bonds. The third kappa shape index (κ3) is 2.48. The largest absolute Gasteiger partial charge is 0.328 e. The van der Waals surface area contributed by atoms with Crippen molar-refractivity contribution in [3.05, 3.63) is 0 Å². The molecule has 1 aliphatic carbocycles. The summed E-state index contributed by atoms with van der Waals surface area (Å²) in [7, 11) is 0. The van der Waals surface area contributed by atoms with Gasteiger partial charge in [0.2, 0.25) is 0 Å². The van der Waals surface area contributed by atoms with Gasteiger partial charge < -0.3 is 5.73 Å². The van der Waals surface area contributed by atoms with E-state index in [9.17, 15) is 0 Å². The molecule has 1 fully saturated rings. The summed E-state index contributed by atoms with van der Waals surface area (Å²) in [5.74, 6) is 0.794. The smallest absolute Gasteiger partial charge is 0.00387 e. The summed E-state index contributed by atoms with van der Waals surface area (Å²) >= 11 is 0. The normalized spacial score (nSPS) is 28.4. The molecular weight excluding hydrogens is 134 g/mol. The van der Waals surface area contributed by atoms with Crippen LogP contribution in [0, 0.1) is 11.3 Å². The molecule has 0 aromatic rings. The van der Waals surface area contributed by atoms with Crippen LogP contribution in [0.15, 0.2) is 0 Å². The van der Waals surface area contributed by atoms with E-state index in [4.69, 9.17) is 5.73 Å². The van der Waals surface area contributed by atoms with Gasteiger partial charge in [-0.2, -0.15) is 0 Å². The Labute approximate surface area is 70.4 Å². The monoisotopic (exact) mass is 155 g/mol. The van der Waals surface area contributed by atoms with Gasteiger partial charge in [-0.25, -0.2) is 0 Å². The topological polar surface area (TPSA) is 26.0 Å². The van der Waals surface area contributed by atoms with Crippen LogP contribution in [-0.4, -0.2) is 6.04 Å². The van der Waals surface area contributed by atoms with Gasteiger partial charge in [-0.15, -0.1) is 0 Å². The van der Waals surface area contributed by atoms with Crippen molar-refractivity contribution in [2.24, 2.45) is 17.1 Å². The first-order valence-electron chi connectivity index (χ1n) is 4.77. The molecule has 0 heterocycles. The number of nitrogens with two attached hydrogens (primary N) is 1. The van der Waals surface area contributed by atoms with E-state index >= 15 is 0 Å². The zero-order valence-electron chi connectivity index (χ0n) is 8.06. The first-order chi connectivity index (χ1) is 5.01. The number of hydrogen-bond donors (Lipinski definition) is 1. The van der Waals surface area contributed by atoms with E-state index in [1.165, 1.54) is 25.7 Å². The van der Waals surface area contributed by atoms with Gasteiger partial charge in [-0.1, -0.05) is 13.8 Å². The summed E-state index contributed by atoms with van der Waals surface area (Å²) in [5, 5.41) is 0. The highest BCUT2D eigenvalue weighted by Crippen LogP contribution is 2.38. The highest BCUT2D eigenvalue weighted by Gasteiger charge is 2.28. The van der Waals surface area contributed by atoms with Crippen molar-refractivity contribution in [2.45, 2.75) is 52.5 Å². The summed E-state index contributed by atoms with van der Waals surface area (Å²) in [6.45, 7) is 6.87. The molecule has 0 aliphatic heterocycles. The minimum atomic E-state index is 0.408. The lowest BCUT2D eigenvalue weighted by molar-refractivity contribution is 0.177. The van der Waals surface area contributed by atoms with Crippen LogP contribution in [-0.2, 0) is 0 Å². The second-order valence-electron chi connectivity index (χ2n) is 4.86. The van der Waals surface area contributed by atoms with E-state index < -0.39 is 0 Å². The van der Waals surface area contributed by atoms with Crippen LogP contribution in [0.2, 0.25) is 0 Å². The van der Waals surface area contributed by atoms with Crippen LogP contribution in [0.3, 0.4) is 0 Å². The summed E-state index contributed by atoms with van der Waals surface area (Å²) in [5.41, 5.74) is 6.44. The second kappa shape index (κ2) is 3.14. The minimum absolute atomic E-state index is 0.408. The zero-order valence-corrected chi connectivity index (χ0v) is 8.06. The van der Waals surface area contributed by atoms with Gasteiger partial charge in [0.1, 0.15) is 0 Å². The fourth-order valence-corrected chi connectivity index (χ4v) is 1.95. The highest BCUT2D eigenvalue weighted by molar-refractivity contribution is 4.81. The molecule has 1 unspecified atom stereocenters. The SMILES string of the molecule is CC(N)C1CCC(C)(C)CC1. The average molecular weight is 155 g/mol. The first-order valence-corrected chi connectivity index (χ1v) is 4.77. The van der Waals surface area contributed by atoms with Gasteiger partial charge >= 0.3 is 0 Å². The molecule has 1 atom stereocenters. The van der Waals surface area contributed by atoms with Crippen molar-refractivity contribution in [3.8, 4) is 0 Å². The zero-order chi connectivity index (χ0) is 8.48. The molecule has 0 aromatic carbocycles. The average Bonchev–Trinajstić information content (AvgIpc) is 1.86. The Balaban J connectivity index is 2.36. The van der Waals surface area contributed by atoms with Crippen LogP contribution < -0.4 is 5.73 Å². The summed E-state index contributed by atoms with van der Waals surface area (Å²) in [6.07, 6.45) is 5.40. The first kappa shape index (κ1) is 9.05. The number of rotatable bonds is 1. The lowest BCUT2D eigenvalue weighted by Crippen LogP contribution is -2.32. The maximum Gasteiger partial charge on any atom is 0.00387 e. The second-order valence-corrected chi connectivity index (χ2v) is 4.86. The molecule has 0 radical (unpaired) electrons. The van der Waals surface area contributed by atoms with E-state index in [0.717, 1.165) is 5.92 Å². The van der Waals surface area contributed by atoms with E-state index in [2.05, 4.69) is 20.8 Å². The van der Waals surface area contributed by atoms with Gasteiger partial charge in [0.05, 0.1) is 0 Å². The van der Waals surface area contributed by atoms with E-state index in [-0.39, 0.29) is 0 Å². The molecular formula is C10H21N. The fraction of sp³-hybridized carbons (Fsp3) is 1.00. The molecule has 2 N–H and O–H groups in total. The lowest BCUT2D eigenvalue weighted by atomic mass is 9.71. The van der Waals surface area contributed by atoms with Crippen LogP contribution in [0.5, 0.6) is 0 Å². The van der Waals surface area contributed by atoms with Gasteiger partial charge in [-0.3, -0.25) is 0 Å². The molecule has 1 heteroatoms. The van der Waals surface area contributed by atoms with Gasteiger partial charge in [0.25, 0.3) is 0 Å². The van der Waals surface area contributed by atoms with Crippen molar-refractivity contribution in [2.75, 3.05) is 0 Å². The molecule has 1 rings (SSSR count). The van der Waals surface area contributed by atoms with Crippen molar-refractivity contribution < 1.29 is 0 Å². The predicted molar refractivity (Wildman–Crippen MR) is 49.4 cm³/mol. The van der Waals surface area contributed by atoms with Crippen LogP contribution in [0.1, 0.15) is 46.5 Å². The van der Waals surface area contributed by atoms with Gasteiger partial charge in [-0.05, 0) is 43.9 Å². The van der Waals surface area contributed by atoms with Crippen molar-refractivity contribution >= 4 is 0 Å². The Morgan fingerprint density at radius 2 is 1.73 bits per heavy atom. The molecule has 0 saturated heterocycles. The predicted octanol–water partition coefficient (Wildman–Crippen LogP) is 2.55. The Bertz CT molecular complexity index is 117. The molecule has 1 nitrogen and oxygen atoms in total. The molecule has 1 aliphatic rings. The highest BCUT2D eigenvalue weighted by atomic mass is 14.6. The third-order valence-electron chi connectivity index (χ3n) is 3.13. The van der Waals surface area contributed by atoms with Gasteiger partial charge in [0.15, 0.2) is 0 Å². The molecule has 1 saturated carbocycles. The Morgan fingerprint density at radius 1 is 1.27 bits per heavy atom. The summed E-state index contributed by atoms with van der Waals surface area (Å²) in [4.78, 5) is 0. The summed E-state index contributed by atoms with van der Waals surface area (Å²) in [6, 6.07) is 0.408. The van der Waals surface area contributed by atoms with Crippen molar-refractivity contribution in [3.63, 3.8) is 0 Å². The Morgan fingerprint density at radius 3 is 2.09 bits per heavy atom. The molecule has 11 heavy (non-hydrogen) atoms.